The third-order valence-corrected chi connectivity index (χ3v) is 3.78. The van der Waals surface area contributed by atoms with Crippen LogP contribution in [0.3, 0.4) is 0 Å². The summed E-state index contributed by atoms with van der Waals surface area (Å²) >= 11 is 6.05. The second kappa shape index (κ2) is 7.63. The highest BCUT2D eigenvalue weighted by atomic mass is 35.5. The van der Waals surface area contributed by atoms with Crippen LogP contribution in [-0.2, 0) is 4.74 Å². The Hall–Kier alpha value is -2.78. The predicted molar refractivity (Wildman–Crippen MR) is 95.7 cm³/mol. The van der Waals surface area contributed by atoms with E-state index in [0.717, 1.165) is 11.9 Å². The molecule has 26 heavy (non-hydrogen) atoms. The van der Waals surface area contributed by atoms with E-state index in [-0.39, 0.29) is 23.5 Å². The molecule has 0 bridgehead atoms. The minimum absolute atomic E-state index is 0.188. The third kappa shape index (κ3) is 3.89. The summed E-state index contributed by atoms with van der Waals surface area (Å²) in [4.78, 5) is 14.4. The average molecular weight is 378 g/mol. The molecule has 0 fully saturated rings. The first-order chi connectivity index (χ1) is 12.5. The summed E-state index contributed by atoms with van der Waals surface area (Å²) in [5, 5.41) is 7.34. The molecule has 3 N–H and O–H groups in total. The fraction of sp³-hybridized carbons (Fsp3) is 0.250. The van der Waals surface area contributed by atoms with Crippen LogP contribution in [0, 0.1) is 12.7 Å². The Bertz CT molecular complexity index is 866. The molecule has 0 aromatic carbocycles. The number of nitrogens with two attached hydrogens (primary N) is 1. The minimum atomic E-state index is -0.485. The second-order valence-corrected chi connectivity index (χ2v) is 5.95. The van der Waals surface area contributed by atoms with E-state index in [1.807, 2.05) is 13.0 Å². The fourth-order valence-corrected chi connectivity index (χ4v) is 2.68. The Kier molecular flexibility index (Phi) is 5.29. The largest absolute Gasteiger partial charge is 0.383 e. The molecule has 0 saturated heterocycles. The molecule has 1 atom stereocenters. The van der Waals surface area contributed by atoms with Crippen LogP contribution in [0.25, 0.3) is 0 Å². The maximum Gasteiger partial charge on any atom is 0.235 e. The number of aryl methyl sites for hydroxylation is 1. The summed E-state index contributed by atoms with van der Waals surface area (Å²) in [7, 11) is 1.55. The van der Waals surface area contributed by atoms with Crippen molar-refractivity contribution >= 4 is 29.2 Å². The molecule has 0 aliphatic rings. The van der Waals surface area contributed by atoms with Gasteiger partial charge in [-0.1, -0.05) is 11.6 Å². The molecule has 0 aliphatic carbocycles. The lowest BCUT2D eigenvalue weighted by molar-refractivity contribution is 0.178. The highest BCUT2D eigenvalue weighted by Crippen LogP contribution is 2.33. The summed E-state index contributed by atoms with van der Waals surface area (Å²) in [6.45, 7) is 2.09. The quantitative estimate of drug-likeness (QED) is 0.636. The Morgan fingerprint density at radius 3 is 2.73 bits per heavy atom. The molecule has 0 amide bonds. The summed E-state index contributed by atoms with van der Waals surface area (Å²) in [5.74, 6) is 0.530. The van der Waals surface area contributed by atoms with Crippen molar-refractivity contribution in [3.63, 3.8) is 0 Å². The van der Waals surface area contributed by atoms with Gasteiger partial charge in [-0.05, 0) is 19.1 Å². The predicted octanol–water partition coefficient (Wildman–Crippen LogP) is 2.80. The van der Waals surface area contributed by atoms with Crippen molar-refractivity contribution in [3.8, 4) is 0 Å². The fourth-order valence-electron chi connectivity index (χ4n) is 2.49. The third-order valence-electron chi connectivity index (χ3n) is 3.59. The van der Waals surface area contributed by atoms with Crippen LogP contribution in [0.5, 0.6) is 0 Å². The molecule has 0 radical (unpaired) electrons. The van der Waals surface area contributed by atoms with E-state index < -0.39 is 11.9 Å². The Morgan fingerprint density at radius 1 is 1.35 bits per heavy atom. The molecule has 1 unspecified atom stereocenters. The van der Waals surface area contributed by atoms with Crippen LogP contribution in [0.15, 0.2) is 30.5 Å². The number of rotatable bonds is 6. The maximum absolute atomic E-state index is 13.3. The zero-order valence-electron chi connectivity index (χ0n) is 14.1. The molecule has 0 aliphatic heterocycles. The Balaban J connectivity index is 2.14. The molecular weight excluding hydrogens is 361 g/mol. The van der Waals surface area contributed by atoms with Gasteiger partial charge >= 0.3 is 0 Å². The number of anilines is 3. The first-order valence-electron chi connectivity index (χ1n) is 7.69. The smallest absolute Gasteiger partial charge is 0.235 e. The minimum Gasteiger partial charge on any atom is -0.383 e. The lowest BCUT2D eigenvalue weighted by atomic mass is 10.1. The van der Waals surface area contributed by atoms with Gasteiger partial charge in [0.25, 0.3) is 0 Å². The van der Waals surface area contributed by atoms with Crippen LogP contribution in [0.1, 0.15) is 17.4 Å². The van der Waals surface area contributed by atoms with E-state index in [9.17, 15) is 4.39 Å². The molecule has 3 rings (SSSR count). The summed E-state index contributed by atoms with van der Waals surface area (Å²) in [6, 6.07) is 5.67. The van der Waals surface area contributed by atoms with Crippen molar-refractivity contribution in [2.75, 3.05) is 24.4 Å². The van der Waals surface area contributed by atoms with Gasteiger partial charge in [-0.3, -0.25) is 15.0 Å². The van der Waals surface area contributed by atoms with E-state index in [2.05, 4.69) is 25.1 Å². The van der Waals surface area contributed by atoms with Crippen LogP contribution < -0.4 is 10.6 Å². The van der Waals surface area contributed by atoms with Gasteiger partial charge in [0.2, 0.25) is 5.95 Å². The zero-order chi connectivity index (χ0) is 18.7. The van der Waals surface area contributed by atoms with Gasteiger partial charge in [-0.25, -0.2) is 9.37 Å². The summed E-state index contributed by atoms with van der Waals surface area (Å²) in [6.07, 6.45) is 1.14. The topological polar surface area (TPSA) is 106 Å². The lowest BCUT2D eigenvalue weighted by Crippen LogP contribution is -2.30. The van der Waals surface area contributed by atoms with E-state index in [4.69, 9.17) is 22.1 Å². The average Bonchev–Trinajstić information content (AvgIpc) is 3.00. The zero-order valence-corrected chi connectivity index (χ0v) is 14.9. The Morgan fingerprint density at radius 2 is 2.15 bits per heavy atom. The first kappa shape index (κ1) is 18.0. The summed E-state index contributed by atoms with van der Waals surface area (Å²) in [5.41, 5.74) is 7.21. The van der Waals surface area contributed by atoms with Crippen molar-refractivity contribution in [3.05, 3.63) is 52.8 Å². The van der Waals surface area contributed by atoms with Gasteiger partial charge in [0.15, 0.2) is 5.82 Å². The van der Waals surface area contributed by atoms with Gasteiger partial charge in [-0.15, -0.1) is 0 Å². The van der Waals surface area contributed by atoms with E-state index in [1.165, 1.54) is 12.1 Å². The van der Waals surface area contributed by atoms with Crippen molar-refractivity contribution in [1.29, 1.82) is 0 Å². The van der Waals surface area contributed by atoms with E-state index >= 15 is 0 Å². The number of hydrogen-bond acceptors (Lipinski definition) is 7. The SMILES string of the molecule is COCC(c1ccc(F)cn1)N(c1cc(C)[nH]n1)c1nc(N)cc(Cl)n1. The standard InChI is InChI=1S/C16H17ClFN7O/c1-9-5-15(24-23-9)25(16-21-13(17)6-14(19)22-16)12(8-26-2)11-4-3-10(18)7-20-11/h3-7,12H,8H2,1-2H3,(H,23,24)(H2,19,21,22). The second-order valence-electron chi connectivity index (χ2n) is 5.57. The molecule has 136 valence electrons. The summed E-state index contributed by atoms with van der Waals surface area (Å²) < 4.78 is 18.7. The molecule has 3 aromatic heterocycles. The molecule has 3 aromatic rings. The van der Waals surface area contributed by atoms with Crippen molar-refractivity contribution in [1.82, 2.24) is 25.1 Å². The van der Waals surface area contributed by atoms with Crippen molar-refractivity contribution in [2.24, 2.45) is 0 Å². The molecule has 10 heteroatoms. The van der Waals surface area contributed by atoms with Gasteiger partial charge < -0.3 is 10.5 Å². The highest BCUT2D eigenvalue weighted by molar-refractivity contribution is 6.29. The molecule has 0 spiro atoms. The molecular formula is C16H17ClFN7O. The number of methoxy groups -OCH3 is 1. The van der Waals surface area contributed by atoms with Crippen LogP contribution in [0.4, 0.5) is 22.0 Å². The number of aromatic nitrogens is 5. The monoisotopic (exact) mass is 377 g/mol. The molecule has 0 saturated carbocycles. The normalized spacial score (nSPS) is 12.2. The number of pyridine rings is 1. The van der Waals surface area contributed by atoms with Crippen molar-refractivity contribution in [2.45, 2.75) is 13.0 Å². The van der Waals surface area contributed by atoms with Crippen molar-refractivity contribution < 1.29 is 9.13 Å². The van der Waals surface area contributed by atoms with Gasteiger partial charge in [-0.2, -0.15) is 10.1 Å². The molecule has 8 nitrogen and oxygen atoms in total. The van der Waals surface area contributed by atoms with E-state index in [1.54, 1.807) is 18.1 Å². The van der Waals surface area contributed by atoms with Gasteiger partial charge in [0.05, 0.1) is 18.5 Å². The first-order valence-corrected chi connectivity index (χ1v) is 8.07. The van der Waals surface area contributed by atoms with Crippen LogP contribution in [0.2, 0.25) is 5.15 Å². The van der Waals surface area contributed by atoms with Gasteiger partial charge in [0, 0.05) is 24.9 Å². The number of aromatic amines is 1. The van der Waals surface area contributed by atoms with Crippen LogP contribution >= 0.6 is 11.6 Å². The van der Waals surface area contributed by atoms with E-state index in [0.29, 0.717) is 11.5 Å². The maximum atomic E-state index is 13.3. The van der Waals surface area contributed by atoms with Crippen LogP contribution in [-0.4, -0.2) is 38.9 Å². The molecule has 3 heterocycles. The Labute approximate surface area is 154 Å². The number of ether oxygens (including phenoxy) is 1. The highest BCUT2D eigenvalue weighted by Gasteiger charge is 2.28. The number of nitrogens with zero attached hydrogens (tertiary/aromatic N) is 5. The van der Waals surface area contributed by atoms with Gasteiger partial charge in [0.1, 0.15) is 22.8 Å². The lowest BCUT2D eigenvalue weighted by Gasteiger charge is -2.29. The number of nitrogens with one attached hydrogen (secondary N) is 1. The number of halogens is 2. The number of hydrogen-bond donors (Lipinski definition) is 2. The number of H-pyrrole nitrogens is 1. The number of nitrogen functional groups attached to an aromatic ring is 1.